The number of hydrogen-bond acceptors (Lipinski definition) is 3. The third-order valence-corrected chi connectivity index (χ3v) is 3.55. The second kappa shape index (κ2) is 6.23. The van der Waals surface area contributed by atoms with Gasteiger partial charge in [-0.15, -0.1) is 0 Å². The van der Waals surface area contributed by atoms with E-state index >= 15 is 0 Å². The molecule has 4 N–H and O–H groups in total. The van der Waals surface area contributed by atoms with Crippen LogP contribution in [0.2, 0.25) is 0 Å². The minimum absolute atomic E-state index is 0.0111. The molecule has 0 bridgehead atoms. The zero-order chi connectivity index (χ0) is 16.4. The average molecular weight is 322 g/mol. The van der Waals surface area contributed by atoms with E-state index in [-0.39, 0.29) is 16.4 Å². The molecule has 0 saturated heterocycles. The number of rotatable bonds is 3. The van der Waals surface area contributed by atoms with Crippen LogP contribution in [0.4, 0.5) is 10.1 Å². The quantitative estimate of drug-likeness (QED) is 0.674. The molecular weight excluding hydrogens is 305 g/mol. The molecule has 2 aromatic rings. The molecule has 0 atom stereocenters. The average Bonchev–Trinajstić information content (AvgIpc) is 2.43. The van der Waals surface area contributed by atoms with Crippen LogP contribution >= 0.6 is 11.6 Å². The predicted octanol–water partition coefficient (Wildman–Crippen LogP) is 3.06. The monoisotopic (exact) mass is 321 g/mol. The van der Waals surface area contributed by atoms with Gasteiger partial charge in [-0.2, -0.15) is 0 Å². The van der Waals surface area contributed by atoms with Gasteiger partial charge in [-0.25, -0.2) is 4.39 Å². The summed E-state index contributed by atoms with van der Waals surface area (Å²) in [7, 11) is 0. The number of halogens is 2. The summed E-state index contributed by atoms with van der Waals surface area (Å²) in [6.45, 7) is 4.04. The van der Waals surface area contributed by atoms with Crippen LogP contribution in [-0.4, -0.2) is 4.57 Å². The highest BCUT2D eigenvalue weighted by Gasteiger charge is 2.13. The normalized spacial score (nSPS) is 11.7. The molecule has 1 aromatic carbocycles. The van der Waals surface area contributed by atoms with Gasteiger partial charge in [-0.05, 0) is 55.3 Å². The Balaban J connectivity index is 2.71. The Bertz CT molecular complexity index is 808. The van der Waals surface area contributed by atoms with Crippen LogP contribution in [0.25, 0.3) is 17.2 Å². The maximum absolute atomic E-state index is 13.5. The highest BCUT2D eigenvalue weighted by molar-refractivity contribution is 6.30. The summed E-state index contributed by atoms with van der Waals surface area (Å²) in [5.74, 6) is -0.494. The first kappa shape index (κ1) is 16.1. The molecule has 1 aromatic heterocycles. The molecule has 6 heteroatoms. The minimum atomic E-state index is -0.494. The maximum Gasteiger partial charge on any atom is 0.258 e. The molecule has 0 fully saturated rings. The van der Waals surface area contributed by atoms with Crippen molar-refractivity contribution in [1.82, 2.24) is 4.57 Å². The Morgan fingerprint density at radius 2 is 2.05 bits per heavy atom. The fraction of sp³-hybridized carbons (Fsp3) is 0.188. The van der Waals surface area contributed by atoms with E-state index in [0.29, 0.717) is 28.9 Å². The van der Waals surface area contributed by atoms with Crippen molar-refractivity contribution in [3.8, 4) is 11.1 Å². The summed E-state index contributed by atoms with van der Waals surface area (Å²) < 4.78 is 15.0. The van der Waals surface area contributed by atoms with Crippen molar-refractivity contribution in [2.24, 2.45) is 5.73 Å². The van der Waals surface area contributed by atoms with Crippen LogP contribution in [0.1, 0.15) is 18.2 Å². The fourth-order valence-electron chi connectivity index (χ4n) is 2.37. The third kappa shape index (κ3) is 2.99. The number of nitrogen functional groups attached to an aromatic ring is 1. The van der Waals surface area contributed by atoms with Gasteiger partial charge in [-0.3, -0.25) is 4.79 Å². The lowest BCUT2D eigenvalue weighted by molar-refractivity contribution is 0.631. The van der Waals surface area contributed by atoms with E-state index in [4.69, 9.17) is 23.1 Å². The molecule has 1 heterocycles. The van der Waals surface area contributed by atoms with Crippen molar-refractivity contribution < 1.29 is 4.39 Å². The van der Waals surface area contributed by atoms with E-state index < -0.39 is 5.82 Å². The lowest BCUT2D eigenvalue weighted by Gasteiger charge is -2.13. The van der Waals surface area contributed by atoms with Crippen molar-refractivity contribution in [3.63, 3.8) is 0 Å². The summed E-state index contributed by atoms with van der Waals surface area (Å²) in [5, 5.41) is 0.0940. The minimum Gasteiger partial charge on any atom is -0.396 e. The van der Waals surface area contributed by atoms with E-state index in [9.17, 15) is 9.18 Å². The van der Waals surface area contributed by atoms with Crippen LogP contribution in [0.3, 0.4) is 0 Å². The predicted molar refractivity (Wildman–Crippen MR) is 88.9 cm³/mol. The number of pyridine rings is 1. The number of anilines is 1. The van der Waals surface area contributed by atoms with Gasteiger partial charge >= 0.3 is 0 Å². The number of hydrogen-bond donors (Lipinski definition) is 2. The molecule has 0 amide bonds. The van der Waals surface area contributed by atoms with Gasteiger partial charge in [0.25, 0.3) is 5.56 Å². The highest BCUT2D eigenvalue weighted by atomic mass is 35.5. The first-order chi connectivity index (χ1) is 10.3. The van der Waals surface area contributed by atoms with E-state index in [2.05, 4.69) is 0 Å². The van der Waals surface area contributed by atoms with Crippen LogP contribution in [0.5, 0.6) is 0 Å². The Morgan fingerprint density at radius 1 is 1.36 bits per heavy atom. The second-order valence-corrected chi connectivity index (χ2v) is 5.38. The van der Waals surface area contributed by atoms with Gasteiger partial charge in [0.1, 0.15) is 11.0 Å². The lowest BCUT2D eigenvalue weighted by Crippen LogP contribution is -2.23. The van der Waals surface area contributed by atoms with Crippen LogP contribution in [0.15, 0.2) is 34.2 Å². The molecule has 0 saturated carbocycles. The third-order valence-electron chi connectivity index (χ3n) is 3.44. The summed E-state index contributed by atoms with van der Waals surface area (Å²) in [6.07, 6.45) is 1.52. The molecule has 0 spiro atoms. The second-order valence-electron chi connectivity index (χ2n) is 4.94. The van der Waals surface area contributed by atoms with Gasteiger partial charge in [0.05, 0.1) is 5.69 Å². The van der Waals surface area contributed by atoms with Gasteiger partial charge < -0.3 is 16.0 Å². The standard InChI is InChI=1S/C16H17ClFN3O/c1-3-21-10(7-15(17)20)4-5-11(16(21)22)12-8-14(19)13(18)6-9(12)2/h4-8H,3,19-20H2,1-2H3/b15-7-. The fourth-order valence-corrected chi connectivity index (χ4v) is 2.48. The van der Waals surface area contributed by atoms with E-state index in [1.54, 1.807) is 23.6 Å². The zero-order valence-corrected chi connectivity index (χ0v) is 13.1. The largest absolute Gasteiger partial charge is 0.396 e. The molecule has 0 aliphatic rings. The van der Waals surface area contributed by atoms with E-state index in [0.717, 1.165) is 0 Å². The lowest BCUT2D eigenvalue weighted by atomic mass is 10.0. The topological polar surface area (TPSA) is 74.0 Å². The SMILES string of the molecule is CCn1c(/C=C(\N)Cl)ccc(-c2cc(N)c(F)cc2C)c1=O. The van der Waals surface area contributed by atoms with Gasteiger partial charge in [0, 0.05) is 17.8 Å². The van der Waals surface area contributed by atoms with E-state index in [1.165, 1.54) is 18.2 Å². The molecular formula is C16H17ClFN3O. The van der Waals surface area contributed by atoms with Crippen LogP contribution < -0.4 is 17.0 Å². The number of nitrogens with zero attached hydrogens (tertiary/aromatic N) is 1. The molecule has 0 radical (unpaired) electrons. The Kier molecular flexibility index (Phi) is 4.56. The smallest absolute Gasteiger partial charge is 0.258 e. The van der Waals surface area contributed by atoms with Crippen molar-refractivity contribution in [1.29, 1.82) is 0 Å². The maximum atomic E-state index is 13.5. The Morgan fingerprint density at radius 3 is 2.64 bits per heavy atom. The molecule has 2 rings (SSSR count). The molecule has 0 aliphatic heterocycles. The molecule has 116 valence electrons. The van der Waals surface area contributed by atoms with Gasteiger partial charge in [0.2, 0.25) is 0 Å². The van der Waals surface area contributed by atoms with Gasteiger partial charge in [-0.1, -0.05) is 11.6 Å². The van der Waals surface area contributed by atoms with E-state index in [1.807, 2.05) is 6.92 Å². The van der Waals surface area contributed by atoms with Crippen molar-refractivity contribution in [2.45, 2.75) is 20.4 Å². The van der Waals surface area contributed by atoms with Crippen molar-refractivity contribution >= 4 is 23.4 Å². The molecule has 0 unspecified atom stereocenters. The zero-order valence-electron chi connectivity index (χ0n) is 12.4. The number of nitrogens with two attached hydrogens (primary N) is 2. The van der Waals surface area contributed by atoms with Crippen LogP contribution in [-0.2, 0) is 6.54 Å². The summed E-state index contributed by atoms with van der Waals surface area (Å²) >= 11 is 5.68. The van der Waals surface area contributed by atoms with Crippen molar-refractivity contribution in [2.75, 3.05) is 5.73 Å². The first-order valence-corrected chi connectivity index (χ1v) is 7.15. The number of aromatic nitrogens is 1. The molecule has 22 heavy (non-hydrogen) atoms. The summed E-state index contributed by atoms with van der Waals surface area (Å²) in [5.41, 5.74) is 13.2. The molecule has 0 aliphatic carbocycles. The summed E-state index contributed by atoms with van der Waals surface area (Å²) in [4.78, 5) is 12.7. The summed E-state index contributed by atoms with van der Waals surface area (Å²) in [6, 6.07) is 6.21. The first-order valence-electron chi connectivity index (χ1n) is 6.77. The number of aryl methyl sites for hydroxylation is 1. The van der Waals surface area contributed by atoms with Gasteiger partial charge in [0.15, 0.2) is 0 Å². The Labute approximate surface area is 132 Å². The number of benzene rings is 1. The highest BCUT2D eigenvalue weighted by Crippen LogP contribution is 2.25. The van der Waals surface area contributed by atoms with Crippen molar-refractivity contribution in [3.05, 3.63) is 56.9 Å². The van der Waals surface area contributed by atoms with Crippen LogP contribution in [0, 0.1) is 12.7 Å². The Hall–Kier alpha value is -2.27. The molecule has 4 nitrogen and oxygen atoms in total.